The lowest BCUT2D eigenvalue weighted by Gasteiger charge is -2.11. The Morgan fingerprint density at radius 3 is 1.93 bits per heavy atom. The van der Waals surface area contributed by atoms with Gasteiger partial charge in [-0.25, -0.2) is 0 Å². The second kappa shape index (κ2) is 6.84. The second-order valence-electron chi connectivity index (χ2n) is 5.39. The Morgan fingerprint density at radius 2 is 1.33 bits per heavy atom. The van der Waals surface area contributed by atoms with Crippen molar-refractivity contribution in [2.24, 2.45) is 0 Å². The third-order valence-corrected chi connectivity index (χ3v) is 4.05. The molecule has 0 spiro atoms. The number of rotatable bonds is 5. The number of hydrogen-bond acceptors (Lipinski definition) is 7. The van der Waals surface area contributed by atoms with Crippen LogP contribution in [0.3, 0.4) is 0 Å². The molecule has 0 saturated heterocycles. The molecule has 10 nitrogen and oxygen atoms in total. The molecule has 3 aromatic carbocycles. The van der Waals surface area contributed by atoms with Crippen molar-refractivity contribution in [1.29, 1.82) is 0 Å². The van der Waals surface area contributed by atoms with Crippen molar-refractivity contribution in [3.63, 3.8) is 0 Å². The Bertz CT molecular complexity index is 1120. The Morgan fingerprint density at radius 1 is 0.741 bits per heavy atom. The molecule has 0 bridgehead atoms. The lowest BCUT2D eigenvalue weighted by Crippen LogP contribution is -2.02. The molecular weight excluding hydrogens is 380 g/mol. The molecule has 0 atom stereocenters. The lowest BCUT2D eigenvalue weighted by molar-refractivity contribution is -0.392. The van der Waals surface area contributed by atoms with Crippen molar-refractivity contribution >= 4 is 50.8 Å². The molecular formula is C16H9ClN4O6. The van der Waals surface area contributed by atoms with Gasteiger partial charge in [0.1, 0.15) is 11.4 Å². The van der Waals surface area contributed by atoms with Crippen molar-refractivity contribution in [3.8, 4) is 0 Å². The normalized spacial score (nSPS) is 10.6. The minimum Gasteiger partial charge on any atom is -0.344 e. The summed E-state index contributed by atoms with van der Waals surface area (Å²) in [6, 6.07) is 10.6. The molecule has 27 heavy (non-hydrogen) atoms. The number of nitrogens with one attached hydrogen (secondary N) is 1. The summed E-state index contributed by atoms with van der Waals surface area (Å²) in [6.45, 7) is 0. The van der Waals surface area contributed by atoms with Gasteiger partial charge in [-0.15, -0.1) is 0 Å². The van der Waals surface area contributed by atoms with Crippen LogP contribution in [0.4, 0.5) is 28.4 Å². The number of nitrogens with zero attached hydrogens (tertiary/aromatic N) is 3. The first-order valence-corrected chi connectivity index (χ1v) is 7.73. The van der Waals surface area contributed by atoms with E-state index in [-0.39, 0.29) is 32.9 Å². The van der Waals surface area contributed by atoms with Crippen LogP contribution in [-0.4, -0.2) is 14.8 Å². The van der Waals surface area contributed by atoms with Crippen LogP contribution < -0.4 is 5.32 Å². The zero-order valence-electron chi connectivity index (χ0n) is 13.3. The maximum Gasteiger partial charge on any atom is 0.300 e. The van der Waals surface area contributed by atoms with Gasteiger partial charge in [-0.05, 0) is 18.2 Å². The number of non-ortho nitro benzene ring substituents is 1. The first-order chi connectivity index (χ1) is 12.8. The number of nitro benzene ring substituents is 3. The van der Waals surface area contributed by atoms with E-state index in [4.69, 9.17) is 11.6 Å². The lowest BCUT2D eigenvalue weighted by atomic mass is 10.0. The number of fused-ring (bicyclic) bond motifs is 1. The van der Waals surface area contributed by atoms with E-state index in [9.17, 15) is 30.3 Å². The van der Waals surface area contributed by atoms with Crippen molar-refractivity contribution < 1.29 is 14.8 Å². The largest absolute Gasteiger partial charge is 0.344 e. The number of halogens is 1. The number of nitro groups is 3. The van der Waals surface area contributed by atoms with E-state index in [0.717, 1.165) is 12.1 Å². The van der Waals surface area contributed by atoms with Crippen molar-refractivity contribution in [2.45, 2.75) is 0 Å². The molecule has 0 aliphatic rings. The zero-order valence-corrected chi connectivity index (χ0v) is 14.0. The van der Waals surface area contributed by atoms with Gasteiger partial charge in [-0.1, -0.05) is 29.8 Å². The highest BCUT2D eigenvalue weighted by Gasteiger charge is 2.27. The SMILES string of the molecule is O=[N+]([O-])c1cc(Cl)ccc1Nc1c([N+](=O)[O-])cc([N+](=O)[O-])c2ccccc12. The Hall–Kier alpha value is -3.79. The van der Waals surface area contributed by atoms with E-state index in [2.05, 4.69) is 5.32 Å². The van der Waals surface area contributed by atoms with Crippen LogP contribution >= 0.6 is 11.6 Å². The molecule has 0 aromatic heterocycles. The van der Waals surface area contributed by atoms with Gasteiger partial charge in [0.05, 0.1) is 26.2 Å². The third kappa shape index (κ3) is 3.33. The quantitative estimate of drug-likeness (QED) is 0.480. The van der Waals surface area contributed by atoms with Crippen LogP contribution in [0, 0.1) is 30.3 Å². The van der Waals surface area contributed by atoms with Crippen molar-refractivity contribution in [2.75, 3.05) is 5.32 Å². The van der Waals surface area contributed by atoms with Gasteiger partial charge in [0.2, 0.25) is 0 Å². The second-order valence-corrected chi connectivity index (χ2v) is 5.83. The summed E-state index contributed by atoms with van der Waals surface area (Å²) in [5, 5.41) is 37.2. The van der Waals surface area contributed by atoms with Crippen LogP contribution in [0.1, 0.15) is 0 Å². The molecule has 11 heteroatoms. The molecule has 3 rings (SSSR count). The average Bonchev–Trinajstić information content (AvgIpc) is 2.62. The highest BCUT2D eigenvalue weighted by molar-refractivity contribution is 6.31. The van der Waals surface area contributed by atoms with E-state index in [0.29, 0.717) is 0 Å². The van der Waals surface area contributed by atoms with Gasteiger partial charge >= 0.3 is 0 Å². The fourth-order valence-corrected chi connectivity index (χ4v) is 2.83. The van der Waals surface area contributed by atoms with Gasteiger partial charge < -0.3 is 5.32 Å². The minimum atomic E-state index is -0.788. The summed E-state index contributed by atoms with van der Waals surface area (Å²) in [5.41, 5.74) is -1.53. The minimum absolute atomic E-state index is 0.0356. The van der Waals surface area contributed by atoms with E-state index in [1.807, 2.05) is 0 Å². The molecule has 0 heterocycles. The molecule has 0 radical (unpaired) electrons. The number of hydrogen-bond donors (Lipinski definition) is 1. The molecule has 0 fully saturated rings. The van der Waals surface area contributed by atoms with Crippen LogP contribution in [0.15, 0.2) is 48.5 Å². The van der Waals surface area contributed by atoms with Crippen LogP contribution in [-0.2, 0) is 0 Å². The topological polar surface area (TPSA) is 141 Å². The van der Waals surface area contributed by atoms with Gasteiger partial charge in [-0.3, -0.25) is 30.3 Å². The summed E-state index contributed by atoms with van der Waals surface area (Å²) in [6.07, 6.45) is 0. The summed E-state index contributed by atoms with van der Waals surface area (Å²) in [4.78, 5) is 31.9. The molecule has 0 aliphatic carbocycles. The molecule has 0 unspecified atom stereocenters. The average molecular weight is 389 g/mol. The standard InChI is InChI=1S/C16H9ClN4O6/c17-9-5-6-12(14(7-9)20(24)25)18-16-11-4-2-1-3-10(11)13(19(22)23)8-15(16)21(26)27/h1-8,18H. The van der Waals surface area contributed by atoms with Crippen molar-refractivity contribution in [1.82, 2.24) is 0 Å². The van der Waals surface area contributed by atoms with E-state index < -0.39 is 26.1 Å². The summed E-state index contributed by atoms with van der Waals surface area (Å²) < 4.78 is 0. The zero-order chi connectivity index (χ0) is 19.7. The van der Waals surface area contributed by atoms with Crippen molar-refractivity contribution in [3.05, 3.63) is 83.9 Å². The monoisotopic (exact) mass is 388 g/mol. The van der Waals surface area contributed by atoms with Crippen LogP contribution in [0.2, 0.25) is 5.02 Å². The molecule has 0 saturated carbocycles. The van der Waals surface area contributed by atoms with Crippen LogP contribution in [0.5, 0.6) is 0 Å². The highest BCUT2D eigenvalue weighted by atomic mass is 35.5. The molecule has 136 valence electrons. The fraction of sp³-hybridized carbons (Fsp3) is 0. The summed E-state index contributed by atoms with van der Waals surface area (Å²) in [5.74, 6) is 0. The molecule has 0 aliphatic heterocycles. The van der Waals surface area contributed by atoms with Gasteiger partial charge in [0, 0.05) is 16.5 Å². The summed E-state index contributed by atoms with van der Waals surface area (Å²) >= 11 is 5.78. The van der Waals surface area contributed by atoms with E-state index in [1.54, 1.807) is 12.1 Å². The Labute approximate surface area is 155 Å². The third-order valence-electron chi connectivity index (χ3n) is 3.81. The maximum absolute atomic E-state index is 11.5. The molecule has 3 aromatic rings. The maximum atomic E-state index is 11.5. The van der Waals surface area contributed by atoms with E-state index in [1.165, 1.54) is 24.3 Å². The van der Waals surface area contributed by atoms with E-state index >= 15 is 0 Å². The van der Waals surface area contributed by atoms with Gasteiger partial charge in [0.15, 0.2) is 0 Å². The Balaban J connectivity index is 2.31. The fourth-order valence-electron chi connectivity index (χ4n) is 2.66. The predicted molar refractivity (Wildman–Crippen MR) is 98.6 cm³/mol. The number of anilines is 2. The smallest absolute Gasteiger partial charge is 0.300 e. The molecule has 1 N–H and O–H groups in total. The highest BCUT2D eigenvalue weighted by Crippen LogP contribution is 2.42. The first-order valence-electron chi connectivity index (χ1n) is 7.35. The summed E-state index contributed by atoms with van der Waals surface area (Å²) in [7, 11) is 0. The Kier molecular flexibility index (Phi) is 4.57. The predicted octanol–water partition coefficient (Wildman–Crippen LogP) is 4.96. The first kappa shape index (κ1) is 18.0. The van der Waals surface area contributed by atoms with Gasteiger partial charge in [-0.2, -0.15) is 0 Å². The number of benzene rings is 3. The van der Waals surface area contributed by atoms with Crippen LogP contribution in [0.25, 0.3) is 10.8 Å². The molecule has 0 amide bonds. The van der Waals surface area contributed by atoms with Gasteiger partial charge in [0.25, 0.3) is 17.1 Å².